The van der Waals surface area contributed by atoms with Gasteiger partial charge in [0.25, 0.3) is 5.91 Å². The molecule has 1 amide bonds. The van der Waals surface area contributed by atoms with E-state index in [-0.39, 0.29) is 10.8 Å². The number of hydrogen-bond acceptors (Lipinski definition) is 6. The summed E-state index contributed by atoms with van der Waals surface area (Å²) in [5, 5.41) is 2.58. The number of likely N-dealkylation sites (N-methyl/N-ethyl adjacent to an activating group) is 1. The third kappa shape index (κ3) is 5.83. The second-order valence-electron chi connectivity index (χ2n) is 8.75. The highest BCUT2D eigenvalue weighted by molar-refractivity contribution is 8.00. The minimum atomic E-state index is -3.54. The quantitative estimate of drug-likeness (QED) is 0.673. The molecular formula is C24H29ClN4O3S. The Balaban J connectivity index is 1.55. The van der Waals surface area contributed by atoms with Gasteiger partial charge in [0.05, 0.1) is 4.91 Å². The Bertz CT molecular complexity index is 1150. The SMILES string of the molecule is CN1CCN(NC(=O)c2ccccc2C(=C2CN(Cc3ccc(Cl)cc3)C2)S(C)(=O)=O)CC1. The molecule has 0 radical (unpaired) electrons. The molecule has 0 aromatic heterocycles. The third-order valence-corrected chi connectivity index (χ3v) is 7.52. The lowest BCUT2D eigenvalue weighted by molar-refractivity contribution is 0.0662. The van der Waals surface area contributed by atoms with Crippen LogP contribution < -0.4 is 5.43 Å². The van der Waals surface area contributed by atoms with Crippen molar-refractivity contribution < 1.29 is 13.2 Å². The van der Waals surface area contributed by atoms with Crippen LogP contribution in [-0.2, 0) is 16.4 Å². The Morgan fingerprint density at radius 3 is 2.18 bits per heavy atom. The summed E-state index contributed by atoms with van der Waals surface area (Å²) in [6, 6.07) is 14.6. The van der Waals surface area contributed by atoms with Crippen molar-refractivity contribution in [2.75, 3.05) is 52.6 Å². The smallest absolute Gasteiger partial charge is 0.266 e. The third-order valence-electron chi connectivity index (χ3n) is 6.02. The zero-order chi connectivity index (χ0) is 23.6. The number of piperazine rings is 1. The van der Waals surface area contributed by atoms with Gasteiger partial charge in [-0.15, -0.1) is 0 Å². The second kappa shape index (κ2) is 9.95. The van der Waals surface area contributed by atoms with Crippen molar-refractivity contribution >= 4 is 32.3 Å². The highest BCUT2D eigenvalue weighted by atomic mass is 35.5. The molecule has 0 aliphatic carbocycles. The molecule has 0 bridgehead atoms. The molecule has 2 saturated heterocycles. The van der Waals surface area contributed by atoms with Crippen LogP contribution in [0.15, 0.2) is 54.1 Å². The monoisotopic (exact) mass is 488 g/mol. The van der Waals surface area contributed by atoms with Gasteiger partial charge in [-0.3, -0.25) is 15.1 Å². The molecule has 0 saturated carbocycles. The lowest BCUT2D eigenvalue weighted by Gasteiger charge is -2.36. The van der Waals surface area contributed by atoms with Crippen LogP contribution in [0.2, 0.25) is 5.02 Å². The van der Waals surface area contributed by atoms with Crippen LogP contribution in [-0.4, -0.2) is 81.7 Å². The molecule has 0 unspecified atom stereocenters. The van der Waals surface area contributed by atoms with Gasteiger partial charge in [0.15, 0.2) is 9.84 Å². The molecule has 4 rings (SSSR count). The van der Waals surface area contributed by atoms with E-state index in [0.717, 1.165) is 37.3 Å². The van der Waals surface area contributed by atoms with Crippen LogP contribution in [0.1, 0.15) is 21.5 Å². The van der Waals surface area contributed by atoms with Gasteiger partial charge in [0, 0.05) is 68.2 Å². The number of benzene rings is 2. The Labute approximate surface area is 200 Å². The van der Waals surface area contributed by atoms with E-state index < -0.39 is 9.84 Å². The van der Waals surface area contributed by atoms with E-state index in [1.165, 1.54) is 6.26 Å². The summed E-state index contributed by atoms with van der Waals surface area (Å²) >= 11 is 5.96. The van der Waals surface area contributed by atoms with E-state index in [1.807, 2.05) is 36.3 Å². The van der Waals surface area contributed by atoms with Gasteiger partial charge >= 0.3 is 0 Å². The first-order valence-corrected chi connectivity index (χ1v) is 13.2. The number of halogens is 1. The molecule has 0 spiro atoms. The Hall–Kier alpha value is -2.23. The molecule has 0 atom stereocenters. The van der Waals surface area contributed by atoms with Gasteiger partial charge in [0.1, 0.15) is 0 Å². The van der Waals surface area contributed by atoms with Crippen LogP contribution in [0, 0.1) is 0 Å². The number of amides is 1. The first-order valence-electron chi connectivity index (χ1n) is 10.9. The fourth-order valence-electron chi connectivity index (χ4n) is 4.25. The standard InChI is InChI=1S/C24H29ClN4O3S/c1-27-11-13-29(14-12-27)26-24(30)22-6-4-3-5-21(22)23(33(2,31)32)19-16-28(17-19)15-18-7-9-20(25)10-8-18/h3-10H,11-17H2,1-2H3,(H,26,30). The van der Waals surface area contributed by atoms with Crippen molar-refractivity contribution in [3.8, 4) is 0 Å². The summed E-state index contributed by atoms with van der Waals surface area (Å²) in [6.07, 6.45) is 1.21. The number of carbonyl (C=O) groups is 1. The van der Waals surface area contributed by atoms with E-state index >= 15 is 0 Å². The van der Waals surface area contributed by atoms with Gasteiger partial charge in [0.2, 0.25) is 0 Å². The maximum Gasteiger partial charge on any atom is 0.266 e. The number of nitrogens with one attached hydrogen (secondary N) is 1. The van der Waals surface area contributed by atoms with Gasteiger partial charge in [-0.2, -0.15) is 0 Å². The maximum absolute atomic E-state index is 13.1. The number of hydrazine groups is 1. The minimum Gasteiger partial charge on any atom is -0.304 e. The lowest BCUT2D eigenvalue weighted by Crippen LogP contribution is -2.52. The molecule has 2 aliphatic rings. The fourth-order valence-corrected chi connectivity index (χ4v) is 5.61. The highest BCUT2D eigenvalue weighted by Crippen LogP contribution is 2.33. The predicted molar refractivity (Wildman–Crippen MR) is 131 cm³/mol. The lowest BCUT2D eigenvalue weighted by atomic mass is 9.99. The summed E-state index contributed by atoms with van der Waals surface area (Å²) in [7, 11) is -1.49. The van der Waals surface area contributed by atoms with Crippen LogP contribution >= 0.6 is 11.6 Å². The summed E-state index contributed by atoms with van der Waals surface area (Å²) in [5.74, 6) is -0.283. The fraction of sp³-hybridized carbons (Fsp3) is 0.375. The van der Waals surface area contributed by atoms with Gasteiger partial charge < -0.3 is 4.90 Å². The van der Waals surface area contributed by atoms with Crippen molar-refractivity contribution in [2.24, 2.45) is 0 Å². The molecule has 7 nitrogen and oxygen atoms in total. The van der Waals surface area contributed by atoms with Gasteiger partial charge in [-0.25, -0.2) is 13.4 Å². The summed E-state index contributed by atoms with van der Waals surface area (Å²) in [4.78, 5) is 17.7. The first kappa shape index (κ1) is 23.9. The largest absolute Gasteiger partial charge is 0.304 e. The van der Waals surface area contributed by atoms with Gasteiger partial charge in [-0.05, 0) is 36.4 Å². The highest BCUT2D eigenvalue weighted by Gasteiger charge is 2.31. The van der Waals surface area contributed by atoms with Crippen LogP contribution in [0.25, 0.3) is 4.91 Å². The molecule has 9 heteroatoms. The van der Waals surface area contributed by atoms with Crippen LogP contribution in [0.4, 0.5) is 0 Å². The molecule has 1 N–H and O–H groups in total. The van der Waals surface area contributed by atoms with Crippen molar-refractivity contribution in [2.45, 2.75) is 6.54 Å². The number of sulfone groups is 1. The van der Waals surface area contributed by atoms with Crippen molar-refractivity contribution in [1.29, 1.82) is 0 Å². The van der Waals surface area contributed by atoms with Crippen molar-refractivity contribution in [1.82, 2.24) is 20.2 Å². The molecular weight excluding hydrogens is 460 g/mol. The Morgan fingerprint density at radius 1 is 0.970 bits per heavy atom. The first-order chi connectivity index (χ1) is 15.7. The average Bonchev–Trinajstić information content (AvgIpc) is 2.74. The van der Waals surface area contributed by atoms with E-state index in [4.69, 9.17) is 11.6 Å². The van der Waals surface area contributed by atoms with Crippen LogP contribution in [0.5, 0.6) is 0 Å². The van der Waals surface area contributed by atoms with Crippen molar-refractivity contribution in [3.05, 3.63) is 75.8 Å². The zero-order valence-corrected chi connectivity index (χ0v) is 20.5. The van der Waals surface area contributed by atoms with Crippen molar-refractivity contribution in [3.63, 3.8) is 0 Å². The number of hydrogen-bond donors (Lipinski definition) is 1. The molecule has 2 aromatic rings. The van der Waals surface area contributed by atoms with Crippen LogP contribution in [0.3, 0.4) is 0 Å². The predicted octanol–water partition coefficient (Wildman–Crippen LogP) is 2.50. The number of rotatable bonds is 6. The average molecular weight is 489 g/mol. The van der Waals surface area contributed by atoms with E-state index in [2.05, 4.69) is 15.2 Å². The Morgan fingerprint density at radius 2 is 1.58 bits per heavy atom. The van der Waals surface area contributed by atoms with E-state index in [0.29, 0.717) is 35.8 Å². The topological polar surface area (TPSA) is 73.0 Å². The zero-order valence-electron chi connectivity index (χ0n) is 18.9. The number of likely N-dealkylation sites (tertiary alicyclic amines) is 1. The Kier molecular flexibility index (Phi) is 7.21. The second-order valence-corrected chi connectivity index (χ2v) is 11.1. The van der Waals surface area contributed by atoms with E-state index in [1.54, 1.807) is 24.3 Å². The minimum absolute atomic E-state index is 0.263. The summed E-state index contributed by atoms with van der Waals surface area (Å²) < 4.78 is 25.7. The molecule has 2 fully saturated rings. The molecule has 2 aromatic carbocycles. The maximum atomic E-state index is 13.1. The molecule has 2 heterocycles. The molecule has 176 valence electrons. The normalized spacial score (nSPS) is 18.1. The molecule has 33 heavy (non-hydrogen) atoms. The summed E-state index contributed by atoms with van der Waals surface area (Å²) in [5.41, 5.74) is 5.74. The number of carbonyl (C=O) groups excluding carboxylic acids is 1. The molecule has 2 aliphatic heterocycles. The van der Waals surface area contributed by atoms with E-state index in [9.17, 15) is 13.2 Å². The summed E-state index contributed by atoms with van der Waals surface area (Å²) in [6.45, 7) is 4.98. The number of nitrogens with zero attached hydrogens (tertiary/aromatic N) is 3. The van der Waals surface area contributed by atoms with Gasteiger partial charge in [-0.1, -0.05) is 41.9 Å².